The molecule has 2 aliphatic carbocycles. The van der Waals surface area contributed by atoms with E-state index in [9.17, 15) is 5.11 Å². The van der Waals surface area contributed by atoms with Gasteiger partial charge in [-0.2, -0.15) is 0 Å². The molecule has 2 saturated carbocycles. The third-order valence-electron chi connectivity index (χ3n) is 4.04. The molecular formula is C12H23NO. The molecule has 2 N–H and O–H groups in total. The third kappa shape index (κ3) is 2.48. The molecule has 2 fully saturated rings. The second-order valence-electron chi connectivity index (χ2n) is 5.04. The van der Waals surface area contributed by atoms with Crippen molar-refractivity contribution in [3.8, 4) is 0 Å². The Kier molecular flexibility index (Phi) is 3.82. The standard InChI is InChI=1S/C12H23NO/c14-9-11-6-3-7-12(11)13-8-10-4-1-2-5-10/h10-14H,1-9H2. The van der Waals surface area contributed by atoms with Crippen LogP contribution in [0, 0.1) is 11.8 Å². The molecule has 0 aromatic carbocycles. The number of aliphatic hydroxyl groups is 1. The number of hydrogen-bond acceptors (Lipinski definition) is 2. The van der Waals surface area contributed by atoms with E-state index in [0.29, 0.717) is 18.6 Å². The van der Waals surface area contributed by atoms with Crippen LogP contribution >= 0.6 is 0 Å². The van der Waals surface area contributed by atoms with Gasteiger partial charge in [0.05, 0.1) is 0 Å². The number of nitrogens with one attached hydrogen (secondary N) is 1. The van der Waals surface area contributed by atoms with Gasteiger partial charge >= 0.3 is 0 Å². The highest BCUT2D eigenvalue weighted by Gasteiger charge is 2.27. The lowest BCUT2D eigenvalue weighted by Gasteiger charge is -2.21. The lowest BCUT2D eigenvalue weighted by Crippen LogP contribution is -2.36. The van der Waals surface area contributed by atoms with E-state index in [1.807, 2.05) is 0 Å². The van der Waals surface area contributed by atoms with Crippen LogP contribution in [0.2, 0.25) is 0 Å². The topological polar surface area (TPSA) is 32.3 Å². The SMILES string of the molecule is OCC1CCCC1NCC1CCCC1. The highest BCUT2D eigenvalue weighted by molar-refractivity contribution is 4.83. The van der Waals surface area contributed by atoms with Crippen molar-refractivity contribution in [2.75, 3.05) is 13.2 Å². The summed E-state index contributed by atoms with van der Waals surface area (Å²) in [6.07, 6.45) is 9.50. The summed E-state index contributed by atoms with van der Waals surface area (Å²) < 4.78 is 0. The first-order valence-corrected chi connectivity index (χ1v) is 6.24. The van der Waals surface area contributed by atoms with Crippen molar-refractivity contribution in [3.05, 3.63) is 0 Å². The van der Waals surface area contributed by atoms with Gasteiger partial charge in [0.1, 0.15) is 0 Å². The van der Waals surface area contributed by atoms with Gasteiger partial charge in [-0.3, -0.25) is 0 Å². The fourth-order valence-electron chi connectivity index (χ4n) is 3.06. The predicted octanol–water partition coefficient (Wildman–Crippen LogP) is 1.93. The molecule has 2 unspecified atom stereocenters. The highest BCUT2D eigenvalue weighted by atomic mass is 16.3. The molecule has 2 heteroatoms. The maximum Gasteiger partial charge on any atom is 0.0474 e. The van der Waals surface area contributed by atoms with Gasteiger partial charge in [-0.25, -0.2) is 0 Å². The number of rotatable bonds is 4. The first kappa shape index (κ1) is 10.4. The fraction of sp³-hybridized carbons (Fsp3) is 1.00. The molecule has 2 atom stereocenters. The first-order chi connectivity index (χ1) is 6.90. The van der Waals surface area contributed by atoms with E-state index in [1.54, 1.807) is 0 Å². The summed E-state index contributed by atoms with van der Waals surface area (Å²) in [6, 6.07) is 0.612. The van der Waals surface area contributed by atoms with Crippen molar-refractivity contribution < 1.29 is 5.11 Å². The molecule has 0 aromatic rings. The Balaban J connectivity index is 1.68. The van der Waals surface area contributed by atoms with Gasteiger partial charge in [0.15, 0.2) is 0 Å². The zero-order valence-electron chi connectivity index (χ0n) is 9.04. The second kappa shape index (κ2) is 5.13. The molecule has 0 amide bonds. The molecule has 0 aliphatic heterocycles. The van der Waals surface area contributed by atoms with Crippen molar-refractivity contribution in [2.24, 2.45) is 11.8 Å². The van der Waals surface area contributed by atoms with E-state index in [-0.39, 0.29) is 0 Å². The van der Waals surface area contributed by atoms with Crippen LogP contribution in [0.4, 0.5) is 0 Å². The largest absolute Gasteiger partial charge is 0.396 e. The molecule has 0 aromatic heterocycles. The quantitative estimate of drug-likeness (QED) is 0.722. The summed E-state index contributed by atoms with van der Waals surface area (Å²) in [5, 5.41) is 12.9. The molecule has 2 aliphatic rings. The number of hydrogen-bond donors (Lipinski definition) is 2. The molecular weight excluding hydrogens is 174 g/mol. The minimum Gasteiger partial charge on any atom is -0.396 e. The van der Waals surface area contributed by atoms with E-state index in [4.69, 9.17) is 0 Å². The third-order valence-corrected chi connectivity index (χ3v) is 4.04. The Morgan fingerprint density at radius 1 is 1.00 bits per heavy atom. The summed E-state index contributed by atoms with van der Waals surface area (Å²) in [7, 11) is 0. The van der Waals surface area contributed by atoms with Gasteiger partial charge in [-0.15, -0.1) is 0 Å². The molecule has 0 spiro atoms. The zero-order valence-corrected chi connectivity index (χ0v) is 9.04. The van der Waals surface area contributed by atoms with Gasteiger partial charge < -0.3 is 10.4 Å². The molecule has 2 nitrogen and oxygen atoms in total. The van der Waals surface area contributed by atoms with E-state index in [1.165, 1.54) is 51.5 Å². The van der Waals surface area contributed by atoms with Gasteiger partial charge in [0.2, 0.25) is 0 Å². The summed E-state index contributed by atoms with van der Waals surface area (Å²) in [6.45, 7) is 1.57. The lowest BCUT2D eigenvalue weighted by molar-refractivity contribution is 0.203. The Labute approximate surface area is 87.1 Å². The molecule has 0 radical (unpaired) electrons. The van der Waals surface area contributed by atoms with Crippen molar-refractivity contribution in [1.82, 2.24) is 5.32 Å². The Bertz CT molecular complexity index is 166. The Hall–Kier alpha value is -0.0800. The van der Waals surface area contributed by atoms with Crippen LogP contribution in [0.15, 0.2) is 0 Å². The lowest BCUT2D eigenvalue weighted by atomic mass is 10.0. The number of aliphatic hydroxyl groups excluding tert-OH is 1. The molecule has 0 heterocycles. The van der Waals surface area contributed by atoms with E-state index < -0.39 is 0 Å². The zero-order chi connectivity index (χ0) is 9.80. The van der Waals surface area contributed by atoms with Gasteiger partial charge in [0.25, 0.3) is 0 Å². The van der Waals surface area contributed by atoms with Crippen molar-refractivity contribution in [3.63, 3.8) is 0 Å². The average molecular weight is 197 g/mol. The molecule has 82 valence electrons. The van der Waals surface area contributed by atoms with E-state index in [2.05, 4.69) is 5.32 Å². The van der Waals surface area contributed by atoms with Crippen molar-refractivity contribution >= 4 is 0 Å². The molecule has 0 bridgehead atoms. The summed E-state index contributed by atoms with van der Waals surface area (Å²) in [5.41, 5.74) is 0. The smallest absolute Gasteiger partial charge is 0.0474 e. The van der Waals surface area contributed by atoms with Crippen molar-refractivity contribution in [1.29, 1.82) is 0 Å². The summed E-state index contributed by atoms with van der Waals surface area (Å²) in [4.78, 5) is 0. The molecule has 14 heavy (non-hydrogen) atoms. The summed E-state index contributed by atoms with van der Waals surface area (Å²) in [5.74, 6) is 1.46. The second-order valence-corrected chi connectivity index (χ2v) is 5.04. The Morgan fingerprint density at radius 3 is 2.50 bits per heavy atom. The molecule has 2 rings (SSSR count). The summed E-state index contributed by atoms with van der Waals surface area (Å²) >= 11 is 0. The van der Waals surface area contributed by atoms with Gasteiger partial charge in [-0.1, -0.05) is 19.3 Å². The first-order valence-electron chi connectivity index (χ1n) is 6.24. The van der Waals surface area contributed by atoms with Crippen LogP contribution in [0.3, 0.4) is 0 Å². The fourth-order valence-corrected chi connectivity index (χ4v) is 3.06. The normalized spacial score (nSPS) is 34.1. The highest BCUT2D eigenvalue weighted by Crippen LogP contribution is 2.27. The maximum absolute atomic E-state index is 9.19. The van der Waals surface area contributed by atoms with Crippen LogP contribution in [0.5, 0.6) is 0 Å². The van der Waals surface area contributed by atoms with Crippen molar-refractivity contribution in [2.45, 2.75) is 51.0 Å². The predicted molar refractivity (Wildman–Crippen MR) is 58.2 cm³/mol. The van der Waals surface area contributed by atoms with Crippen LogP contribution in [0.1, 0.15) is 44.9 Å². The van der Waals surface area contributed by atoms with Crippen LogP contribution in [-0.2, 0) is 0 Å². The van der Waals surface area contributed by atoms with Gasteiger partial charge in [0, 0.05) is 12.6 Å². The minimum atomic E-state index is 0.377. The van der Waals surface area contributed by atoms with Gasteiger partial charge in [-0.05, 0) is 44.1 Å². The van der Waals surface area contributed by atoms with Crippen LogP contribution in [0.25, 0.3) is 0 Å². The maximum atomic E-state index is 9.19. The van der Waals surface area contributed by atoms with Crippen LogP contribution < -0.4 is 5.32 Å². The van der Waals surface area contributed by atoms with E-state index >= 15 is 0 Å². The monoisotopic (exact) mass is 197 g/mol. The molecule has 0 saturated heterocycles. The average Bonchev–Trinajstić information content (AvgIpc) is 2.85. The minimum absolute atomic E-state index is 0.377. The van der Waals surface area contributed by atoms with E-state index in [0.717, 1.165) is 5.92 Å². The van der Waals surface area contributed by atoms with Crippen LogP contribution in [-0.4, -0.2) is 24.3 Å². The Morgan fingerprint density at radius 2 is 1.79 bits per heavy atom.